The Labute approximate surface area is 164 Å². The van der Waals surface area contributed by atoms with Crippen molar-refractivity contribution in [3.8, 4) is 0 Å². The van der Waals surface area contributed by atoms with Crippen LogP contribution in [0.2, 0.25) is 0 Å². The molecule has 0 aliphatic carbocycles. The predicted molar refractivity (Wildman–Crippen MR) is 101 cm³/mol. The third-order valence-electron chi connectivity index (χ3n) is 5.35. The SMILES string of the molecule is Cn1c(C(F)(F)F)nn(C2CCN(C(=O)c3ccc4ccccc4c3)CC2)c1=O. The van der Waals surface area contributed by atoms with E-state index in [9.17, 15) is 22.8 Å². The highest BCUT2D eigenvalue weighted by atomic mass is 19.4. The number of benzene rings is 2. The van der Waals surface area contributed by atoms with Crippen molar-refractivity contribution in [1.82, 2.24) is 19.2 Å². The van der Waals surface area contributed by atoms with Crippen molar-refractivity contribution in [3.05, 3.63) is 64.3 Å². The van der Waals surface area contributed by atoms with Gasteiger partial charge in [0.25, 0.3) is 5.91 Å². The first-order valence-electron chi connectivity index (χ1n) is 9.26. The van der Waals surface area contributed by atoms with E-state index in [1.165, 1.54) is 0 Å². The molecule has 1 saturated heterocycles. The molecule has 0 unspecified atom stereocenters. The highest BCUT2D eigenvalue weighted by Crippen LogP contribution is 2.28. The fraction of sp³-hybridized carbons (Fsp3) is 0.350. The van der Waals surface area contributed by atoms with Gasteiger partial charge in [0, 0.05) is 25.7 Å². The summed E-state index contributed by atoms with van der Waals surface area (Å²) in [5.74, 6) is -1.34. The second-order valence-electron chi connectivity index (χ2n) is 7.19. The lowest BCUT2D eigenvalue weighted by Crippen LogP contribution is -2.41. The van der Waals surface area contributed by atoms with E-state index in [-0.39, 0.29) is 5.91 Å². The molecule has 29 heavy (non-hydrogen) atoms. The van der Waals surface area contributed by atoms with Crippen molar-refractivity contribution in [2.45, 2.75) is 25.1 Å². The van der Waals surface area contributed by atoms with Crippen molar-refractivity contribution >= 4 is 16.7 Å². The highest BCUT2D eigenvalue weighted by Gasteiger charge is 2.39. The summed E-state index contributed by atoms with van der Waals surface area (Å²) in [5.41, 5.74) is -0.229. The molecule has 6 nitrogen and oxygen atoms in total. The molecule has 0 bridgehead atoms. The number of nitrogens with zero attached hydrogens (tertiary/aromatic N) is 4. The van der Waals surface area contributed by atoms with Gasteiger partial charge in [-0.15, -0.1) is 5.10 Å². The van der Waals surface area contributed by atoms with Gasteiger partial charge in [-0.2, -0.15) is 13.2 Å². The minimum atomic E-state index is -4.69. The maximum Gasteiger partial charge on any atom is 0.451 e. The number of piperidine rings is 1. The molecule has 1 aliphatic rings. The summed E-state index contributed by atoms with van der Waals surface area (Å²) >= 11 is 0. The molecule has 152 valence electrons. The van der Waals surface area contributed by atoms with Gasteiger partial charge in [0.15, 0.2) is 0 Å². The number of hydrogen-bond donors (Lipinski definition) is 0. The van der Waals surface area contributed by atoms with E-state index < -0.39 is 23.7 Å². The van der Waals surface area contributed by atoms with Crippen LogP contribution in [0.15, 0.2) is 47.3 Å². The lowest BCUT2D eigenvalue weighted by atomic mass is 10.0. The maximum absolute atomic E-state index is 13.0. The Morgan fingerprint density at radius 2 is 1.72 bits per heavy atom. The van der Waals surface area contributed by atoms with Gasteiger partial charge in [-0.25, -0.2) is 9.48 Å². The Balaban J connectivity index is 1.49. The average molecular weight is 404 g/mol. The average Bonchev–Trinajstić information content (AvgIpc) is 3.02. The van der Waals surface area contributed by atoms with Crippen molar-refractivity contribution in [2.24, 2.45) is 7.05 Å². The molecule has 1 amide bonds. The normalized spacial score (nSPS) is 15.8. The van der Waals surface area contributed by atoms with Crippen LogP contribution < -0.4 is 5.69 Å². The van der Waals surface area contributed by atoms with E-state index in [0.29, 0.717) is 36.1 Å². The Bertz CT molecular complexity index is 1120. The fourth-order valence-electron chi connectivity index (χ4n) is 3.76. The van der Waals surface area contributed by atoms with Crippen LogP contribution in [0.4, 0.5) is 13.2 Å². The quantitative estimate of drug-likeness (QED) is 0.659. The number of fused-ring (bicyclic) bond motifs is 1. The van der Waals surface area contributed by atoms with Gasteiger partial charge < -0.3 is 4.90 Å². The number of alkyl halides is 3. The van der Waals surface area contributed by atoms with Crippen molar-refractivity contribution in [3.63, 3.8) is 0 Å². The molecule has 2 aromatic carbocycles. The molecule has 4 rings (SSSR count). The molecular formula is C20H19F3N4O2. The number of carbonyl (C=O) groups excluding carboxylic acids is 1. The third-order valence-corrected chi connectivity index (χ3v) is 5.35. The van der Waals surface area contributed by atoms with Crippen molar-refractivity contribution in [2.75, 3.05) is 13.1 Å². The molecule has 2 heterocycles. The van der Waals surface area contributed by atoms with Crippen LogP contribution in [0.5, 0.6) is 0 Å². The van der Waals surface area contributed by atoms with Crippen LogP contribution in [0.25, 0.3) is 10.8 Å². The largest absolute Gasteiger partial charge is 0.451 e. The number of rotatable bonds is 2. The standard InChI is InChI=1S/C20H19F3N4O2/c1-25-18(20(21,22)23)24-27(19(25)29)16-8-10-26(11-9-16)17(28)15-7-6-13-4-2-3-5-14(13)12-15/h2-7,12,16H,8-11H2,1H3. The number of halogens is 3. The van der Waals surface area contributed by atoms with Crippen LogP contribution in [0.1, 0.15) is 35.1 Å². The molecule has 0 radical (unpaired) electrons. The van der Waals surface area contributed by atoms with E-state index in [0.717, 1.165) is 22.5 Å². The first kappa shape index (κ1) is 19.2. The molecule has 1 aliphatic heterocycles. The number of carbonyl (C=O) groups is 1. The Hall–Kier alpha value is -3.10. The number of hydrogen-bond acceptors (Lipinski definition) is 3. The summed E-state index contributed by atoms with van der Waals surface area (Å²) < 4.78 is 40.4. The van der Waals surface area contributed by atoms with E-state index in [4.69, 9.17) is 0 Å². The molecule has 0 saturated carbocycles. The summed E-state index contributed by atoms with van der Waals surface area (Å²) in [5, 5.41) is 5.51. The highest BCUT2D eigenvalue weighted by molar-refractivity contribution is 5.98. The number of amides is 1. The van der Waals surface area contributed by atoms with E-state index in [2.05, 4.69) is 5.10 Å². The van der Waals surface area contributed by atoms with Crippen LogP contribution in [-0.4, -0.2) is 38.2 Å². The fourth-order valence-corrected chi connectivity index (χ4v) is 3.76. The van der Waals surface area contributed by atoms with Gasteiger partial charge >= 0.3 is 11.9 Å². The summed E-state index contributed by atoms with van der Waals surface area (Å²) in [6.45, 7) is 0.696. The van der Waals surface area contributed by atoms with Gasteiger partial charge in [0.2, 0.25) is 5.82 Å². The third kappa shape index (κ3) is 3.52. The van der Waals surface area contributed by atoms with E-state index >= 15 is 0 Å². The second kappa shape index (κ2) is 7.06. The Kier molecular flexibility index (Phi) is 4.68. The number of aromatic nitrogens is 3. The Morgan fingerprint density at radius 1 is 1.07 bits per heavy atom. The monoisotopic (exact) mass is 404 g/mol. The molecule has 3 aromatic rings. The topological polar surface area (TPSA) is 60.1 Å². The molecule has 0 spiro atoms. The smallest absolute Gasteiger partial charge is 0.338 e. The van der Waals surface area contributed by atoms with Gasteiger partial charge in [0.1, 0.15) is 0 Å². The zero-order valence-electron chi connectivity index (χ0n) is 15.7. The van der Waals surface area contributed by atoms with Crippen LogP contribution >= 0.6 is 0 Å². The Morgan fingerprint density at radius 3 is 2.34 bits per heavy atom. The van der Waals surface area contributed by atoms with Gasteiger partial charge in [-0.05, 0) is 35.7 Å². The van der Waals surface area contributed by atoms with Crippen LogP contribution in [0.3, 0.4) is 0 Å². The maximum atomic E-state index is 13.0. The summed E-state index contributed by atoms with van der Waals surface area (Å²) in [6.07, 6.45) is -3.95. The lowest BCUT2D eigenvalue weighted by molar-refractivity contribution is -0.147. The molecule has 0 N–H and O–H groups in total. The minimum absolute atomic E-state index is 0.126. The van der Waals surface area contributed by atoms with Crippen LogP contribution in [-0.2, 0) is 13.2 Å². The second-order valence-corrected chi connectivity index (χ2v) is 7.19. The number of likely N-dealkylation sites (tertiary alicyclic amines) is 1. The zero-order chi connectivity index (χ0) is 20.8. The molecule has 1 fully saturated rings. The first-order valence-corrected chi connectivity index (χ1v) is 9.26. The predicted octanol–water partition coefficient (Wildman–Crippen LogP) is 3.23. The summed E-state index contributed by atoms with van der Waals surface area (Å²) in [4.78, 5) is 26.7. The van der Waals surface area contributed by atoms with Crippen molar-refractivity contribution < 1.29 is 18.0 Å². The summed E-state index contributed by atoms with van der Waals surface area (Å²) in [6, 6.07) is 12.8. The van der Waals surface area contributed by atoms with Crippen LogP contribution in [0, 0.1) is 0 Å². The van der Waals surface area contributed by atoms with Crippen molar-refractivity contribution in [1.29, 1.82) is 0 Å². The molecular weight excluding hydrogens is 385 g/mol. The van der Waals surface area contributed by atoms with E-state index in [1.54, 1.807) is 11.0 Å². The zero-order valence-corrected chi connectivity index (χ0v) is 15.7. The van der Waals surface area contributed by atoms with Gasteiger partial charge in [0.05, 0.1) is 6.04 Å². The molecule has 1 aromatic heterocycles. The lowest BCUT2D eigenvalue weighted by Gasteiger charge is -2.31. The molecule has 9 heteroatoms. The van der Waals surface area contributed by atoms with Gasteiger partial charge in [-0.3, -0.25) is 9.36 Å². The van der Waals surface area contributed by atoms with Gasteiger partial charge in [-0.1, -0.05) is 30.3 Å². The first-order chi connectivity index (χ1) is 13.8. The molecule has 0 atom stereocenters. The minimum Gasteiger partial charge on any atom is -0.338 e. The van der Waals surface area contributed by atoms with E-state index in [1.807, 2.05) is 36.4 Å². The summed E-state index contributed by atoms with van der Waals surface area (Å²) in [7, 11) is 1.06.